The number of thiophene rings is 1. The Bertz CT molecular complexity index is 985. The van der Waals surface area contributed by atoms with Gasteiger partial charge in [-0.05, 0) is 67.6 Å². The number of rotatable bonds is 4. The Balaban J connectivity index is 1.34. The van der Waals surface area contributed by atoms with Crippen LogP contribution in [-0.4, -0.2) is 44.8 Å². The van der Waals surface area contributed by atoms with Crippen molar-refractivity contribution in [3.63, 3.8) is 0 Å². The van der Waals surface area contributed by atoms with Gasteiger partial charge in [-0.1, -0.05) is 10.8 Å². The molecule has 2 saturated heterocycles. The lowest BCUT2D eigenvalue weighted by Gasteiger charge is -2.56. The van der Waals surface area contributed by atoms with E-state index in [1.807, 2.05) is 36.4 Å². The summed E-state index contributed by atoms with van der Waals surface area (Å²) in [6.45, 7) is 1.18. The number of nitriles is 1. The summed E-state index contributed by atoms with van der Waals surface area (Å²) in [5.41, 5.74) is 0.837. The van der Waals surface area contributed by atoms with Crippen molar-refractivity contribution in [1.29, 1.82) is 5.26 Å². The van der Waals surface area contributed by atoms with Gasteiger partial charge in [-0.15, -0.1) is 15.7 Å². The van der Waals surface area contributed by atoms with E-state index in [1.54, 1.807) is 0 Å². The van der Waals surface area contributed by atoms with Gasteiger partial charge in [0, 0.05) is 17.5 Å². The second-order valence-corrected chi connectivity index (χ2v) is 11.0. The fourth-order valence-corrected chi connectivity index (χ4v) is 6.63. The normalized spacial score (nSPS) is 28.2. The average Bonchev–Trinajstić information content (AvgIpc) is 3.22. The lowest BCUT2D eigenvalue weighted by Crippen LogP contribution is -2.62. The van der Waals surface area contributed by atoms with Gasteiger partial charge in [-0.3, -0.25) is 9.11 Å². The van der Waals surface area contributed by atoms with Gasteiger partial charge in [-0.25, -0.2) is 0 Å². The van der Waals surface area contributed by atoms with E-state index in [1.165, 1.54) is 11.3 Å². The van der Waals surface area contributed by atoms with Crippen LogP contribution in [0.2, 0.25) is 0 Å². The zero-order valence-corrected chi connectivity index (χ0v) is 17.6. The van der Waals surface area contributed by atoms with Gasteiger partial charge in [0.15, 0.2) is 0 Å². The third-order valence-corrected chi connectivity index (χ3v) is 8.54. The summed E-state index contributed by atoms with van der Waals surface area (Å²) in [7, 11) is -2.86. The number of fused-ring (bicyclic) bond motifs is 2. The Morgan fingerprint density at radius 1 is 1.21 bits per heavy atom. The van der Waals surface area contributed by atoms with Crippen molar-refractivity contribution in [3.8, 4) is 22.3 Å². The first-order chi connectivity index (χ1) is 14.0. The van der Waals surface area contributed by atoms with Crippen molar-refractivity contribution in [2.45, 2.75) is 31.7 Å². The Morgan fingerprint density at radius 2 is 1.97 bits per heavy atom. The molecule has 2 bridgehead atoms. The molecule has 0 radical (unpaired) electrons. The van der Waals surface area contributed by atoms with Crippen LogP contribution < -0.4 is 4.74 Å². The molecule has 0 spiro atoms. The van der Waals surface area contributed by atoms with Crippen molar-refractivity contribution in [2.24, 2.45) is 9.81 Å². The average molecular weight is 430 g/mol. The largest absolute Gasteiger partial charge is 0.493 e. The highest BCUT2D eigenvalue weighted by atomic mass is 32.3. The minimum Gasteiger partial charge on any atom is -0.493 e. The zero-order chi connectivity index (χ0) is 20.1. The molecule has 0 amide bonds. The lowest BCUT2D eigenvalue weighted by molar-refractivity contribution is 0.0651. The Hall–Kier alpha value is -2.05. The van der Waals surface area contributed by atoms with Gasteiger partial charge in [0.25, 0.3) is 0 Å². The summed E-state index contributed by atoms with van der Waals surface area (Å²) in [6.07, 6.45) is 4.18. The van der Waals surface area contributed by atoms with E-state index in [0.29, 0.717) is 29.8 Å². The van der Waals surface area contributed by atoms with Crippen LogP contribution in [-0.2, 0) is 0 Å². The molecule has 0 unspecified atom stereocenters. The maximum atomic E-state index is 10.2. The molecule has 4 aliphatic rings. The smallest absolute Gasteiger partial charge is 0.134 e. The molecule has 2 N–H and O–H groups in total. The maximum Gasteiger partial charge on any atom is 0.134 e. The van der Waals surface area contributed by atoms with Gasteiger partial charge in [0.1, 0.15) is 29.1 Å². The van der Waals surface area contributed by atoms with Crippen molar-refractivity contribution >= 4 is 27.9 Å². The fraction of sp³-hybridized carbons (Fsp3) is 0.429. The van der Waals surface area contributed by atoms with Crippen molar-refractivity contribution in [1.82, 2.24) is 4.90 Å². The molecule has 152 valence electrons. The Kier molecular flexibility index (Phi) is 4.59. The van der Waals surface area contributed by atoms with Crippen LogP contribution >= 0.6 is 22.1 Å². The number of ether oxygens (including phenoxy) is 1. The minimum atomic E-state index is -2.86. The Labute approximate surface area is 175 Å². The van der Waals surface area contributed by atoms with E-state index in [4.69, 9.17) is 10.00 Å². The maximum absolute atomic E-state index is 10.2. The summed E-state index contributed by atoms with van der Waals surface area (Å²) in [5.74, 6) is 1.98. The van der Waals surface area contributed by atoms with Crippen molar-refractivity contribution < 1.29 is 13.8 Å². The first-order valence-electron chi connectivity index (χ1n) is 9.84. The van der Waals surface area contributed by atoms with Gasteiger partial charge in [0.2, 0.25) is 0 Å². The lowest BCUT2D eigenvalue weighted by atomic mass is 9.67. The molecule has 3 fully saturated rings. The summed E-state index contributed by atoms with van der Waals surface area (Å²) in [4.78, 5) is 4.06. The zero-order valence-electron chi connectivity index (χ0n) is 16.0. The third kappa shape index (κ3) is 3.42. The number of piperidine rings is 2. The molecule has 6 rings (SSSR count). The van der Waals surface area contributed by atoms with E-state index in [0.717, 1.165) is 47.7 Å². The van der Waals surface area contributed by atoms with Crippen LogP contribution in [0, 0.1) is 16.7 Å². The van der Waals surface area contributed by atoms with E-state index in [2.05, 4.69) is 15.4 Å². The molecule has 29 heavy (non-hydrogen) atoms. The number of hydrogen-bond acceptors (Lipinski definition) is 7. The molecule has 1 aliphatic carbocycles. The molecular weight excluding hydrogens is 406 g/mol. The van der Waals surface area contributed by atoms with Gasteiger partial charge in [-0.2, -0.15) is 5.26 Å². The number of amidine groups is 1. The van der Waals surface area contributed by atoms with Crippen LogP contribution in [0.1, 0.15) is 30.6 Å². The van der Waals surface area contributed by atoms with Gasteiger partial charge < -0.3 is 9.64 Å². The topological polar surface area (TPSA) is 89.1 Å². The summed E-state index contributed by atoms with van der Waals surface area (Å²) in [5, 5.41) is 9.00. The number of nitrogens with zero attached hydrogens (tertiary/aromatic N) is 3. The molecule has 1 aromatic heterocycles. The van der Waals surface area contributed by atoms with Crippen LogP contribution in [0.25, 0.3) is 10.4 Å². The molecule has 1 aromatic carbocycles. The molecular formula is C21H23N3O3S2. The van der Waals surface area contributed by atoms with Crippen molar-refractivity contribution in [2.75, 3.05) is 18.9 Å². The molecule has 0 atom stereocenters. The van der Waals surface area contributed by atoms with E-state index in [9.17, 15) is 9.11 Å². The summed E-state index contributed by atoms with van der Waals surface area (Å²) < 4.78 is 30.9. The fourth-order valence-electron chi connectivity index (χ4n) is 4.71. The van der Waals surface area contributed by atoms with Crippen LogP contribution in [0.5, 0.6) is 5.75 Å². The monoisotopic (exact) mass is 429 g/mol. The summed E-state index contributed by atoms with van der Waals surface area (Å²) >= 11 is 1.48. The quantitative estimate of drug-likeness (QED) is 0.715. The first kappa shape index (κ1) is 18.9. The van der Waals surface area contributed by atoms with E-state index in [-0.39, 0.29) is 5.41 Å². The van der Waals surface area contributed by atoms with Crippen LogP contribution in [0.4, 0.5) is 0 Å². The molecule has 8 heteroatoms. The second kappa shape index (κ2) is 7.03. The molecule has 1 saturated carbocycles. The number of hydrogen-bond donors (Lipinski definition) is 2. The van der Waals surface area contributed by atoms with Crippen LogP contribution in [0.3, 0.4) is 0 Å². The second-order valence-electron chi connectivity index (χ2n) is 8.04. The minimum absolute atomic E-state index is 0.229. The highest BCUT2D eigenvalue weighted by Gasteiger charge is 2.52. The van der Waals surface area contributed by atoms with Crippen LogP contribution in [0.15, 0.2) is 40.8 Å². The molecule has 4 heterocycles. The predicted molar refractivity (Wildman–Crippen MR) is 117 cm³/mol. The van der Waals surface area contributed by atoms with Gasteiger partial charge in [0.05, 0.1) is 11.2 Å². The molecule has 2 aromatic rings. The first-order valence-corrected chi connectivity index (χ1v) is 12.3. The highest BCUT2D eigenvalue weighted by Crippen LogP contribution is 2.53. The van der Waals surface area contributed by atoms with E-state index >= 15 is 0 Å². The van der Waals surface area contributed by atoms with Gasteiger partial charge >= 0.3 is 0 Å². The standard InChI is InChI=1S/C21H23N3O3S2/c22-13-18-5-6-19(28-18)15-1-3-17(4-2-15)27-14-21-9-7-16(8-10-21)24-11-12-29(25,26)23-20(21)24/h1-6,16,25-26H,7-12,14H2. The highest BCUT2D eigenvalue weighted by molar-refractivity contribution is 8.23. The number of benzene rings is 1. The molecule has 3 aliphatic heterocycles. The Morgan fingerprint density at radius 3 is 2.66 bits per heavy atom. The predicted octanol–water partition coefficient (Wildman–Crippen LogP) is 4.99. The summed E-state index contributed by atoms with van der Waals surface area (Å²) in [6, 6.07) is 14.4. The third-order valence-electron chi connectivity index (χ3n) is 6.31. The van der Waals surface area contributed by atoms with Crippen molar-refractivity contribution in [3.05, 3.63) is 41.3 Å². The van der Waals surface area contributed by atoms with E-state index < -0.39 is 10.8 Å². The molecule has 6 nitrogen and oxygen atoms in total. The SMILES string of the molecule is N#Cc1ccc(-c2ccc(OCC34CCC(CC3)N3CCS(O)(O)N=C34)cc2)s1.